The molecule has 0 radical (unpaired) electrons. The molecule has 8 heteroatoms. The largest absolute Gasteiger partial charge is 0.357 e. The molecule has 3 aromatic heterocycles. The fraction of sp³-hybridized carbons (Fsp3) is 0.400. The maximum atomic E-state index is 4.54. The van der Waals surface area contributed by atoms with E-state index < -0.39 is 0 Å². The van der Waals surface area contributed by atoms with Crippen molar-refractivity contribution in [2.24, 2.45) is 4.99 Å². The van der Waals surface area contributed by atoms with E-state index >= 15 is 0 Å². The smallest absolute Gasteiger partial charge is 0.191 e. The number of anilines is 1. The molecule has 1 aliphatic rings. The van der Waals surface area contributed by atoms with Crippen LogP contribution in [0.3, 0.4) is 0 Å². The van der Waals surface area contributed by atoms with E-state index in [4.69, 9.17) is 0 Å². The van der Waals surface area contributed by atoms with Crippen molar-refractivity contribution in [3.05, 3.63) is 54.1 Å². The van der Waals surface area contributed by atoms with Gasteiger partial charge in [0.2, 0.25) is 0 Å². The van der Waals surface area contributed by atoms with E-state index in [1.807, 2.05) is 41.1 Å². The predicted octanol–water partition coefficient (Wildman–Crippen LogP) is 1.98. The standard InChI is InChI=1S/C20H26N8/c1-21-20(24-15-19-26-25-17-7-3-6-12-28(17)19)23-14-16-8-9-22-18(13-16)27-10-4-2-5-11-27/h3,6-9,12-13H,2,4-5,10-11,14-15H2,1H3,(H2,21,23,24). The van der Waals surface area contributed by atoms with Crippen LogP contribution in [0.2, 0.25) is 0 Å². The van der Waals surface area contributed by atoms with Gasteiger partial charge in [-0.3, -0.25) is 9.39 Å². The first-order valence-corrected chi connectivity index (χ1v) is 9.76. The Bertz CT molecular complexity index is 942. The molecule has 0 amide bonds. The molecule has 0 aliphatic carbocycles. The summed E-state index contributed by atoms with van der Waals surface area (Å²) in [6, 6.07) is 10.1. The summed E-state index contributed by atoms with van der Waals surface area (Å²) in [5, 5.41) is 15.1. The highest BCUT2D eigenvalue weighted by molar-refractivity contribution is 5.79. The SMILES string of the molecule is CN=C(NCc1ccnc(N2CCCCC2)c1)NCc1nnc2ccccn12. The van der Waals surface area contributed by atoms with Gasteiger partial charge in [0, 0.05) is 39.1 Å². The lowest BCUT2D eigenvalue weighted by Crippen LogP contribution is -2.37. The van der Waals surface area contributed by atoms with Gasteiger partial charge in [0.15, 0.2) is 17.4 Å². The van der Waals surface area contributed by atoms with E-state index in [0.717, 1.165) is 36.3 Å². The number of nitrogens with one attached hydrogen (secondary N) is 2. The van der Waals surface area contributed by atoms with E-state index in [9.17, 15) is 0 Å². The normalized spacial score (nSPS) is 15.0. The van der Waals surface area contributed by atoms with Crippen LogP contribution in [0.25, 0.3) is 5.65 Å². The second-order valence-corrected chi connectivity index (χ2v) is 6.89. The van der Waals surface area contributed by atoms with Crippen molar-refractivity contribution in [1.29, 1.82) is 0 Å². The lowest BCUT2D eigenvalue weighted by Gasteiger charge is -2.28. The van der Waals surface area contributed by atoms with E-state index in [2.05, 4.69) is 41.8 Å². The molecule has 8 nitrogen and oxygen atoms in total. The molecule has 1 saturated heterocycles. The van der Waals surface area contributed by atoms with Crippen LogP contribution < -0.4 is 15.5 Å². The Morgan fingerprint density at radius 1 is 1.07 bits per heavy atom. The predicted molar refractivity (Wildman–Crippen MR) is 110 cm³/mol. The van der Waals surface area contributed by atoms with E-state index in [0.29, 0.717) is 13.1 Å². The molecular weight excluding hydrogens is 352 g/mol. The fourth-order valence-electron chi connectivity index (χ4n) is 3.45. The third kappa shape index (κ3) is 4.21. The average molecular weight is 378 g/mol. The number of fused-ring (bicyclic) bond motifs is 1. The van der Waals surface area contributed by atoms with Crippen LogP contribution in [0.15, 0.2) is 47.7 Å². The zero-order valence-electron chi connectivity index (χ0n) is 16.2. The molecule has 0 unspecified atom stereocenters. The molecule has 1 fully saturated rings. The Morgan fingerprint density at radius 3 is 2.79 bits per heavy atom. The summed E-state index contributed by atoms with van der Waals surface area (Å²) in [6.45, 7) is 3.42. The summed E-state index contributed by atoms with van der Waals surface area (Å²) in [4.78, 5) is 11.2. The Hall–Kier alpha value is -3.16. The topological polar surface area (TPSA) is 82.7 Å². The van der Waals surface area contributed by atoms with Gasteiger partial charge < -0.3 is 15.5 Å². The van der Waals surface area contributed by atoms with Crippen molar-refractivity contribution in [2.45, 2.75) is 32.4 Å². The van der Waals surface area contributed by atoms with Crippen LogP contribution in [0.5, 0.6) is 0 Å². The number of rotatable bonds is 5. The van der Waals surface area contributed by atoms with Crippen LogP contribution in [-0.4, -0.2) is 45.7 Å². The molecule has 2 N–H and O–H groups in total. The Labute approximate surface area is 164 Å². The molecule has 3 aromatic rings. The number of aliphatic imine (C=N–C) groups is 1. The Balaban J connectivity index is 1.34. The fourth-order valence-corrected chi connectivity index (χ4v) is 3.45. The molecule has 4 heterocycles. The summed E-state index contributed by atoms with van der Waals surface area (Å²) in [5.74, 6) is 2.63. The number of hydrogen-bond acceptors (Lipinski definition) is 5. The van der Waals surface area contributed by atoms with Crippen molar-refractivity contribution < 1.29 is 0 Å². The van der Waals surface area contributed by atoms with Gasteiger partial charge in [-0.15, -0.1) is 10.2 Å². The summed E-state index contributed by atoms with van der Waals surface area (Å²) < 4.78 is 1.97. The van der Waals surface area contributed by atoms with Gasteiger partial charge in [-0.2, -0.15) is 0 Å². The van der Waals surface area contributed by atoms with Gasteiger partial charge in [-0.25, -0.2) is 4.98 Å². The average Bonchev–Trinajstić information content (AvgIpc) is 3.18. The Kier molecular flexibility index (Phi) is 5.65. The second kappa shape index (κ2) is 8.69. The highest BCUT2D eigenvalue weighted by atomic mass is 15.3. The minimum Gasteiger partial charge on any atom is -0.357 e. The van der Waals surface area contributed by atoms with E-state index in [-0.39, 0.29) is 0 Å². The van der Waals surface area contributed by atoms with Crippen LogP contribution in [-0.2, 0) is 13.1 Å². The maximum Gasteiger partial charge on any atom is 0.191 e. The molecule has 28 heavy (non-hydrogen) atoms. The van der Waals surface area contributed by atoms with Crippen LogP contribution >= 0.6 is 0 Å². The first-order chi connectivity index (χ1) is 13.8. The van der Waals surface area contributed by atoms with E-state index in [1.165, 1.54) is 24.8 Å². The lowest BCUT2D eigenvalue weighted by molar-refractivity contribution is 0.573. The molecule has 0 aromatic carbocycles. The molecule has 0 bridgehead atoms. The second-order valence-electron chi connectivity index (χ2n) is 6.89. The summed E-state index contributed by atoms with van der Waals surface area (Å²) in [6.07, 6.45) is 7.66. The molecule has 146 valence electrons. The minimum absolute atomic E-state index is 0.542. The first kappa shape index (κ1) is 18.2. The highest BCUT2D eigenvalue weighted by Crippen LogP contribution is 2.18. The van der Waals surface area contributed by atoms with Crippen LogP contribution in [0.4, 0.5) is 5.82 Å². The third-order valence-electron chi connectivity index (χ3n) is 4.97. The zero-order valence-corrected chi connectivity index (χ0v) is 16.2. The quantitative estimate of drug-likeness (QED) is 0.522. The van der Waals surface area contributed by atoms with Gasteiger partial charge in [-0.1, -0.05) is 6.07 Å². The number of aromatic nitrogens is 4. The van der Waals surface area contributed by atoms with Crippen molar-refractivity contribution >= 4 is 17.4 Å². The molecule has 4 rings (SSSR count). The molecule has 1 aliphatic heterocycles. The minimum atomic E-state index is 0.542. The number of piperidine rings is 1. The molecule has 0 saturated carbocycles. The molecule has 0 spiro atoms. The van der Waals surface area contributed by atoms with Crippen LogP contribution in [0.1, 0.15) is 30.7 Å². The number of guanidine groups is 1. The zero-order chi connectivity index (χ0) is 19.2. The van der Waals surface area contributed by atoms with Gasteiger partial charge in [0.25, 0.3) is 0 Å². The Morgan fingerprint density at radius 2 is 1.93 bits per heavy atom. The highest BCUT2D eigenvalue weighted by Gasteiger charge is 2.12. The third-order valence-corrected chi connectivity index (χ3v) is 4.97. The van der Waals surface area contributed by atoms with Crippen molar-refractivity contribution in [3.8, 4) is 0 Å². The lowest BCUT2D eigenvalue weighted by atomic mass is 10.1. The summed E-state index contributed by atoms with van der Waals surface area (Å²) in [5.41, 5.74) is 2.02. The van der Waals surface area contributed by atoms with Crippen molar-refractivity contribution in [1.82, 2.24) is 30.2 Å². The van der Waals surface area contributed by atoms with Crippen LogP contribution in [0, 0.1) is 0 Å². The molecular formula is C20H26N8. The van der Waals surface area contributed by atoms with Gasteiger partial charge in [0.05, 0.1) is 6.54 Å². The first-order valence-electron chi connectivity index (χ1n) is 9.76. The van der Waals surface area contributed by atoms with E-state index in [1.54, 1.807) is 7.05 Å². The van der Waals surface area contributed by atoms with Gasteiger partial charge in [-0.05, 0) is 49.1 Å². The van der Waals surface area contributed by atoms with Gasteiger partial charge >= 0.3 is 0 Å². The summed E-state index contributed by atoms with van der Waals surface area (Å²) in [7, 11) is 1.77. The monoisotopic (exact) mass is 378 g/mol. The van der Waals surface area contributed by atoms with Crippen molar-refractivity contribution in [2.75, 3.05) is 25.0 Å². The summed E-state index contributed by atoms with van der Waals surface area (Å²) >= 11 is 0. The van der Waals surface area contributed by atoms with Crippen molar-refractivity contribution in [3.63, 3.8) is 0 Å². The number of nitrogens with zero attached hydrogens (tertiary/aromatic N) is 6. The number of pyridine rings is 2. The molecule has 0 atom stereocenters. The number of hydrogen-bond donors (Lipinski definition) is 2. The van der Waals surface area contributed by atoms with Gasteiger partial charge in [0.1, 0.15) is 5.82 Å². The maximum absolute atomic E-state index is 4.54.